The molecule has 1 aliphatic rings. The van der Waals surface area contributed by atoms with Gasteiger partial charge >= 0.3 is 0 Å². The summed E-state index contributed by atoms with van der Waals surface area (Å²) >= 11 is 0. The molecule has 18 heavy (non-hydrogen) atoms. The van der Waals surface area contributed by atoms with Crippen LogP contribution in [0, 0.1) is 5.82 Å². The highest BCUT2D eigenvalue weighted by Gasteiger charge is 2.22. The molecule has 0 heterocycles. The van der Waals surface area contributed by atoms with Crippen LogP contribution in [-0.4, -0.2) is 11.9 Å². The van der Waals surface area contributed by atoms with Gasteiger partial charge < -0.3 is 5.73 Å². The topological polar surface area (TPSA) is 55.1 Å². The van der Waals surface area contributed by atoms with Crippen molar-refractivity contribution in [2.75, 3.05) is 0 Å². The SMILES string of the molecule is NC(=O)[C@@H](NC1CCCCC1)c1ccc(F)cc1. The first-order valence-corrected chi connectivity index (χ1v) is 6.47. The molecule has 1 aromatic rings. The molecule has 0 spiro atoms. The molecule has 1 fully saturated rings. The summed E-state index contributed by atoms with van der Waals surface area (Å²) in [6, 6.07) is 5.75. The van der Waals surface area contributed by atoms with E-state index in [1.54, 1.807) is 12.1 Å². The second kappa shape index (κ2) is 5.96. The Labute approximate surface area is 107 Å². The number of nitrogens with two attached hydrogens (primary N) is 1. The third kappa shape index (κ3) is 3.29. The summed E-state index contributed by atoms with van der Waals surface area (Å²) < 4.78 is 12.9. The highest BCUT2D eigenvalue weighted by atomic mass is 19.1. The number of amides is 1. The van der Waals surface area contributed by atoms with Crippen molar-refractivity contribution in [1.29, 1.82) is 0 Å². The molecule has 98 valence electrons. The Kier molecular flexibility index (Phi) is 4.31. The first-order valence-electron chi connectivity index (χ1n) is 6.47. The highest BCUT2D eigenvalue weighted by molar-refractivity contribution is 5.81. The molecule has 0 bridgehead atoms. The third-order valence-electron chi connectivity index (χ3n) is 3.50. The van der Waals surface area contributed by atoms with E-state index < -0.39 is 11.9 Å². The van der Waals surface area contributed by atoms with Crippen LogP contribution in [0.4, 0.5) is 4.39 Å². The van der Waals surface area contributed by atoms with E-state index in [1.807, 2.05) is 0 Å². The molecule has 1 aromatic carbocycles. The molecular weight excluding hydrogens is 231 g/mol. The van der Waals surface area contributed by atoms with Crippen LogP contribution >= 0.6 is 0 Å². The number of carbonyl (C=O) groups is 1. The zero-order valence-electron chi connectivity index (χ0n) is 10.4. The number of carbonyl (C=O) groups excluding carboxylic acids is 1. The van der Waals surface area contributed by atoms with Crippen molar-refractivity contribution in [3.63, 3.8) is 0 Å². The smallest absolute Gasteiger partial charge is 0.239 e. The van der Waals surface area contributed by atoms with Gasteiger partial charge in [0.2, 0.25) is 5.91 Å². The molecule has 0 unspecified atom stereocenters. The van der Waals surface area contributed by atoms with Gasteiger partial charge in [0.1, 0.15) is 11.9 Å². The molecule has 2 rings (SSSR count). The van der Waals surface area contributed by atoms with E-state index in [9.17, 15) is 9.18 Å². The van der Waals surface area contributed by atoms with Crippen molar-refractivity contribution >= 4 is 5.91 Å². The molecule has 1 saturated carbocycles. The summed E-state index contributed by atoms with van der Waals surface area (Å²) in [7, 11) is 0. The largest absolute Gasteiger partial charge is 0.368 e. The van der Waals surface area contributed by atoms with Gasteiger partial charge in [-0.3, -0.25) is 10.1 Å². The minimum atomic E-state index is -0.520. The molecule has 0 saturated heterocycles. The highest BCUT2D eigenvalue weighted by Crippen LogP contribution is 2.21. The molecule has 0 aliphatic heterocycles. The van der Waals surface area contributed by atoms with Crippen molar-refractivity contribution < 1.29 is 9.18 Å². The van der Waals surface area contributed by atoms with Gasteiger partial charge in [-0.1, -0.05) is 31.4 Å². The first kappa shape index (κ1) is 13.0. The predicted octanol–water partition coefficient (Wildman–Crippen LogP) is 2.27. The van der Waals surface area contributed by atoms with E-state index >= 15 is 0 Å². The Hall–Kier alpha value is -1.42. The van der Waals surface area contributed by atoms with E-state index in [1.165, 1.54) is 31.4 Å². The lowest BCUT2D eigenvalue weighted by Gasteiger charge is -2.27. The lowest BCUT2D eigenvalue weighted by atomic mass is 9.94. The molecule has 3 N–H and O–H groups in total. The maximum atomic E-state index is 12.9. The fourth-order valence-electron chi connectivity index (χ4n) is 2.50. The lowest BCUT2D eigenvalue weighted by molar-refractivity contribution is -0.120. The molecule has 0 aromatic heterocycles. The predicted molar refractivity (Wildman–Crippen MR) is 68.3 cm³/mol. The van der Waals surface area contributed by atoms with Gasteiger partial charge in [0.15, 0.2) is 0 Å². The van der Waals surface area contributed by atoms with Crippen molar-refractivity contribution in [2.45, 2.75) is 44.2 Å². The van der Waals surface area contributed by atoms with Crippen LogP contribution in [0.2, 0.25) is 0 Å². The average Bonchev–Trinajstić information content (AvgIpc) is 2.38. The number of primary amides is 1. The molecule has 0 radical (unpaired) electrons. The van der Waals surface area contributed by atoms with Crippen LogP contribution in [0.1, 0.15) is 43.7 Å². The van der Waals surface area contributed by atoms with Gasteiger partial charge in [0.25, 0.3) is 0 Å². The van der Waals surface area contributed by atoms with E-state index in [-0.39, 0.29) is 5.82 Å². The van der Waals surface area contributed by atoms with E-state index in [0.29, 0.717) is 6.04 Å². The lowest BCUT2D eigenvalue weighted by Crippen LogP contribution is -2.40. The zero-order valence-corrected chi connectivity index (χ0v) is 10.4. The average molecular weight is 250 g/mol. The Balaban J connectivity index is 2.07. The molecule has 1 amide bonds. The first-order chi connectivity index (χ1) is 8.66. The summed E-state index contributed by atoms with van der Waals surface area (Å²) in [5.41, 5.74) is 6.16. The van der Waals surface area contributed by atoms with Gasteiger partial charge in [-0.25, -0.2) is 4.39 Å². The number of halogens is 1. The van der Waals surface area contributed by atoms with E-state index in [4.69, 9.17) is 5.73 Å². The minimum absolute atomic E-state index is 0.306. The van der Waals surface area contributed by atoms with E-state index in [2.05, 4.69) is 5.32 Å². The van der Waals surface area contributed by atoms with Gasteiger partial charge in [-0.2, -0.15) is 0 Å². The third-order valence-corrected chi connectivity index (χ3v) is 3.50. The van der Waals surface area contributed by atoms with Crippen LogP contribution in [0.3, 0.4) is 0 Å². The van der Waals surface area contributed by atoms with Crippen molar-refractivity contribution in [3.8, 4) is 0 Å². The molecular formula is C14H19FN2O. The fraction of sp³-hybridized carbons (Fsp3) is 0.500. The second-order valence-corrected chi connectivity index (χ2v) is 4.89. The minimum Gasteiger partial charge on any atom is -0.368 e. The van der Waals surface area contributed by atoms with Crippen molar-refractivity contribution in [1.82, 2.24) is 5.32 Å². The maximum absolute atomic E-state index is 12.9. The maximum Gasteiger partial charge on any atom is 0.239 e. The summed E-state index contributed by atoms with van der Waals surface area (Å²) in [5, 5.41) is 3.29. The quantitative estimate of drug-likeness (QED) is 0.861. The number of hydrogen-bond donors (Lipinski definition) is 2. The summed E-state index contributed by atoms with van der Waals surface area (Å²) in [4.78, 5) is 11.5. The number of hydrogen-bond acceptors (Lipinski definition) is 2. The summed E-state index contributed by atoms with van der Waals surface area (Å²) in [6.07, 6.45) is 5.78. The molecule has 1 aliphatic carbocycles. The second-order valence-electron chi connectivity index (χ2n) is 4.89. The Bertz CT molecular complexity index is 399. The van der Waals surface area contributed by atoms with Crippen LogP contribution in [-0.2, 0) is 4.79 Å². The Morgan fingerprint density at radius 3 is 2.39 bits per heavy atom. The van der Waals surface area contributed by atoms with Gasteiger partial charge in [-0.15, -0.1) is 0 Å². The normalized spacial score (nSPS) is 18.5. The van der Waals surface area contributed by atoms with E-state index in [0.717, 1.165) is 18.4 Å². The van der Waals surface area contributed by atoms with Gasteiger partial charge in [0.05, 0.1) is 0 Å². The number of benzene rings is 1. The molecule has 4 heteroatoms. The summed E-state index contributed by atoms with van der Waals surface area (Å²) in [6.45, 7) is 0. The number of nitrogens with one attached hydrogen (secondary N) is 1. The fourth-order valence-corrected chi connectivity index (χ4v) is 2.50. The van der Waals surface area contributed by atoms with Crippen LogP contribution in [0.15, 0.2) is 24.3 Å². The zero-order chi connectivity index (χ0) is 13.0. The molecule has 1 atom stereocenters. The standard InChI is InChI=1S/C14H19FN2O/c15-11-8-6-10(7-9-11)13(14(16)18)17-12-4-2-1-3-5-12/h6-9,12-13,17H,1-5H2,(H2,16,18)/t13-/m0/s1. The van der Waals surface area contributed by atoms with Gasteiger partial charge in [-0.05, 0) is 30.5 Å². The Morgan fingerprint density at radius 1 is 1.22 bits per heavy atom. The summed E-state index contributed by atoms with van der Waals surface area (Å²) in [5.74, 6) is -0.716. The Morgan fingerprint density at radius 2 is 1.83 bits per heavy atom. The van der Waals surface area contributed by atoms with Crippen molar-refractivity contribution in [3.05, 3.63) is 35.6 Å². The van der Waals surface area contributed by atoms with Crippen LogP contribution in [0.25, 0.3) is 0 Å². The number of rotatable bonds is 4. The monoisotopic (exact) mass is 250 g/mol. The van der Waals surface area contributed by atoms with Crippen LogP contribution < -0.4 is 11.1 Å². The van der Waals surface area contributed by atoms with Gasteiger partial charge in [0, 0.05) is 6.04 Å². The van der Waals surface area contributed by atoms with Crippen LogP contribution in [0.5, 0.6) is 0 Å². The molecule has 3 nitrogen and oxygen atoms in total. The van der Waals surface area contributed by atoms with Crippen molar-refractivity contribution in [2.24, 2.45) is 5.73 Å².